The van der Waals surface area contributed by atoms with Gasteiger partial charge in [-0.15, -0.1) is 0 Å². The van der Waals surface area contributed by atoms with Crippen molar-refractivity contribution in [1.82, 2.24) is 14.2 Å². The Kier molecular flexibility index (Phi) is 4.73. The third-order valence-corrected chi connectivity index (χ3v) is 7.41. The van der Waals surface area contributed by atoms with Gasteiger partial charge < -0.3 is 4.74 Å². The van der Waals surface area contributed by atoms with Crippen molar-refractivity contribution in [3.05, 3.63) is 24.5 Å². The van der Waals surface area contributed by atoms with E-state index in [1.807, 2.05) is 0 Å². The number of likely N-dealkylation sites (N-methyl/N-ethyl adjacent to an activating group) is 1. The van der Waals surface area contributed by atoms with E-state index < -0.39 is 10.0 Å². The average molecular weight is 339 g/mol. The number of rotatable bonds is 4. The normalized spacial score (nSPS) is 25.9. The van der Waals surface area contributed by atoms with Crippen LogP contribution in [0.15, 0.2) is 29.4 Å². The Labute approximate surface area is 138 Å². The first-order valence-electron chi connectivity index (χ1n) is 8.12. The third-order valence-electron chi connectivity index (χ3n) is 5.52. The van der Waals surface area contributed by atoms with Crippen LogP contribution in [-0.2, 0) is 14.8 Å². The molecule has 0 unspecified atom stereocenters. The molecule has 2 fully saturated rings. The van der Waals surface area contributed by atoms with Crippen LogP contribution >= 0.6 is 0 Å². The zero-order valence-corrected chi connectivity index (χ0v) is 14.6. The molecule has 3 heterocycles. The first kappa shape index (κ1) is 16.8. The van der Waals surface area contributed by atoms with Crippen molar-refractivity contribution < 1.29 is 13.2 Å². The molecule has 0 amide bonds. The minimum Gasteiger partial charge on any atom is -0.383 e. The van der Waals surface area contributed by atoms with Crippen LogP contribution in [0.4, 0.5) is 0 Å². The van der Waals surface area contributed by atoms with Crippen molar-refractivity contribution >= 4 is 10.0 Å². The van der Waals surface area contributed by atoms with Crippen LogP contribution < -0.4 is 0 Å². The molecule has 3 rings (SSSR count). The second-order valence-corrected chi connectivity index (χ2v) is 8.51. The van der Waals surface area contributed by atoms with E-state index in [2.05, 4.69) is 16.9 Å². The summed E-state index contributed by atoms with van der Waals surface area (Å²) < 4.78 is 32.3. The number of methoxy groups -OCH3 is 1. The Morgan fingerprint density at radius 3 is 2.70 bits per heavy atom. The lowest BCUT2D eigenvalue weighted by Gasteiger charge is -2.44. The van der Waals surface area contributed by atoms with Gasteiger partial charge in [0.15, 0.2) is 0 Å². The Bertz CT molecular complexity index is 627. The first-order valence-corrected chi connectivity index (χ1v) is 9.56. The minimum atomic E-state index is -3.42. The number of nitrogens with zero attached hydrogens (tertiary/aromatic N) is 3. The van der Waals surface area contributed by atoms with Gasteiger partial charge in [-0.05, 0) is 44.9 Å². The van der Waals surface area contributed by atoms with Crippen LogP contribution in [0.2, 0.25) is 0 Å². The van der Waals surface area contributed by atoms with Crippen molar-refractivity contribution in [3.63, 3.8) is 0 Å². The highest BCUT2D eigenvalue weighted by atomic mass is 32.2. The lowest BCUT2D eigenvalue weighted by Crippen LogP contribution is -2.53. The summed E-state index contributed by atoms with van der Waals surface area (Å²) >= 11 is 0. The predicted molar refractivity (Wildman–Crippen MR) is 87.6 cm³/mol. The molecule has 1 atom stereocenters. The lowest BCUT2D eigenvalue weighted by atomic mass is 9.86. The van der Waals surface area contributed by atoms with Crippen LogP contribution in [0.25, 0.3) is 0 Å². The molecule has 1 aromatic rings. The van der Waals surface area contributed by atoms with E-state index in [1.54, 1.807) is 29.7 Å². The number of hydrogen-bond acceptors (Lipinski definition) is 5. The van der Waals surface area contributed by atoms with Crippen molar-refractivity contribution in [2.24, 2.45) is 0 Å². The van der Waals surface area contributed by atoms with Crippen LogP contribution in [0.3, 0.4) is 0 Å². The largest absolute Gasteiger partial charge is 0.383 e. The summed E-state index contributed by atoms with van der Waals surface area (Å²) in [4.78, 5) is 6.64. The van der Waals surface area contributed by atoms with Gasteiger partial charge >= 0.3 is 0 Å². The van der Waals surface area contributed by atoms with Crippen LogP contribution in [0.5, 0.6) is 0 Å². The smallest absolute Gasteiger partial charge is 0.244 e. The molecule has 6 nitrogen and oxygen atoms in total. The van der Waals surface area contributed by atoms with Crippen molar-refractivity contribution in [3.8, 4) is 0 Å². The molecular formula is C16H25N3O3S. The second-order valence-electron chi connectivity index (χ2n) is 6.58. The predicted octanol–water partition coefficient (Wildman–Crippen LogP) is 1.35. The summed E-state index contributed by atoms with van der Waals surface area (Å²) in [5, 5.41) is 0. The summed E-state index contributed by atoms with van der Waals surface area (Å²) in [5.41, 5.74) is 0.129. The Morgan fingerprint density at radius 2 is 2.09 bits per heavy atom. The van der Waals surface area contributed by atoms with Gasteiger partial charge in [0.1, 0.15) is 4.90 Å². The van der Waals surface area contributed by atoms with Gasteiger partial charge in [-0.1, -0.05) is 0 Å². The highest BCUT2D eigenvalue weighted by Gasteiger charge is 2.47. The molecule has 1 aromatic heterocycles. The number of aromatic nitrogens is 1. The number of pyridine rings is 1. The van der Waals surface area contributed by atoms with E-state index in [1.165, 1.54) is 6.20 Å². The average Bonchev–Trinajstić information content (AvgIpc) is 2.86. The van der Waals surface area contributed by atoms with Gasteiger partial charge in [-0.25, -0.2) is 8.42 Å². The molecule has 1 spiro atoms. The van der Waals surface area contributed by atoms with Crippen LogP contribution in [0, 0.1) is 0 Å². The van der Waals surface area contributed by atoms with Gasteiger partial charge in [0, 0.05) is 44.2 Å². The SMILES string of the molecule is COC[C@@H]1CCC2(CCN(S(=O)(=O)c3cccnc3)CC2)N1C. The van der Waals surface area contributed by atoms with E-state index in [9.17, 15) is 8.42 Å². The molecule has 23 heavy (non-hydrogen) atoms. The molecule has 0 radical (unpaired) electrons. The Morgan fingerprint density at radius 1 is 1.35 bits per heavy atom. The van der Waals surface area contributed by atoms with Gasteiger partial charge in [-0.2, -0.15) is 4.31 Å². The number of likely N-dealkylation sites (tertiary alicyclic amines) is 1. The van der Waals surface area contributed by atoms with Crippen molar-refractivity contribution in [2.45, 2.75) is 42.2 Å². The molecular weight excluding hydrogens is 314 g/mol. The molecule has 0 N–H and O–H groups in total. The molecule has 128 valence electrons. The highest BCUT2D eigenvalue weighted by molar-refractivity contribution is 7.89. The summed E-state index contributed by atoms with van der Waals surface area (Å²) in [7, 11) is 0.471. The van der Waals surface area contributed by atoms with E-state index >= 15 is 0 Å². The monoisotopic (exact) mass is 339 g/mol. The summed E-state index contributed by atoms with van der Waals surface area (Å²) in [6.07, 6.45) is 7.02. The molecule has 2 saturated heterocycles. The molecule has 2 aliphatic heterocycles. The quantitative estimate of drug-likeness (QED) is 0.828. The molecule has 0 aliphatic carbocycles. The standard InChI is InChI=1S/C16H25N3O3S/c1-18-14(13-22-2)5-6-16(18)7-10-19(11-8-16)23(20,21)15-4-3-9-17-12-15/h3-4,9,12,14H,5-8,10-11,13H2,1-2H3/t14-/m0/s1. The van der Waals surface area contributed by atoms with E-state index in [4.69, 9.17) is 4.74 Å². The number of hydrogen-bond donors (Lipinski definition) is 0. The zero-order valence-electron chi connectivity index (χ0n) is 13.8. The number of sulfonamides is 1. The maximum Gasteiger partial charge on any atom is 0.244 e. The maximum atomic E-state index is 12.7. The minimum absolute atomic E-state index is 0.129. The Hall–Kier alpha value is -1.02. The maximum absolute atomic E-state index is 12.7. The third kappa shape index (κ3) is 3.03. The molecule has 7 heteroatoms. The Balaban J connectivity index is 1.70. The van der Waals surface area contributed by atoms with Crippen LogP contribution in [0.1, 0.15) is 25.7 Å². The number of ether oxygens (including phenoxy) is 1. The first-order chi connectivity index (χ1) is 11.0. The summed E-state index contributed by atoms with van der Waals surface area (Å²) in [6.45, 7) is 1.89. The molecule has 2 aliphatic rings. The molecule has 0 bridgehead atoms. The van der Waals surface area contributed by atoms with Crippen molar-refractivity contribution in [2.75, 3.05) is 33.9 Å². The molecule has 0 aromatic carbocycles. The van der Waals surface area contributed by atoms with Gasteiger partial charge in [0.05, 0.1) is 6.61 Å². The van der Waals surface area contributed by atoms with Gasteiger partial charge in [0.2, 0.25) is 10.0 Å². The second kappa shape index (κ2) is 6.47. The van der Waals surface area contributed by atoms with Crippen molar-refractivity contribution in [1.29, 1.82) is 0 Å². The van der Waals surface area contributed by atoms with Crippen LogP contribution in [-0.4, -0.2) is 68.0 Å². The lowest BCUT2D eigenvalue weighted by molar-refractivity contribution is 0.0454. The summed E-state index contributed by atoms with van der Waals surface area (Å²) in [5.74, 6) is 0. The zero-order chi connectivity index (χ0) is 16.5. The van der Waals surface area contributed by atoms with E-state index in [-0.39, 0.29) is 10.4 Å². The fraction of sp³-hybridized carbons (Fsp3) is 0.688. The van der Waals surface area contributed by atoms with E-state index in [0.29, 0.717) is 19.1 Å². The molecule has 0 saturated carbocycles. The fourth-order valence-corrected chi connectivity index (χ4v) is 5.38. The highest BCUT2D eigenvalue weighted by Crippen LogP contribution is 2.41. The number of piperidine rings is 1. The fourth-order valence-electron chi connectivity index (χ4n) is 3.97. The summed E-state index contributed by atoms with van der Waals surface area (Å²) in [6, 6.07) is 3.73. The van der Waals surface area contributed by atoms with Gasteiger partial charge in [-0.3, -0.25) is 9.88 Å². The topological polar surface area (TPSA) is 62.7 Å². The van der Waals surface area contributed by atoms with E-state index in [0.717, 1.165) is 32.3 Å². The van der Waals surface area contributed by atoms with Gasteiger partial charge in [0.25, 0.3) is 0 Å².